The standard InChI is InChI=1S/C12H6O4/c13-10-6-5-8-11(16-10)7-3-1-2-4-9(7)15-12(8)14/h1-6H. The van der Waals surface area contributed by atoms with Gasteiger partial charge in [0.25, 0.3) is 0 Å². The van der Waals surface area contributed by atoms with E-state index in [9.17, 15) is 9.59 Å². The van der Waals surface area contributed by atoms with Gasteiger partial charge in [-0.05, 0) is 18.2 Å². The molecule has 0 atom stereocenters. The van der Waals surface area contributed by atoms with E-state index >= 15 is 0 Å². The van der Waals surface area contributed by atoms with Gasteiger partial charge in [0.05, 0.1) is 5.39 Å². The zero-order valence-electron chi connectivity index (χ0n) is 8.10. The third-order valence-electron chi connectivity index (χ3n) is 2.39. The molecule has 0 spiro atoms. The maximum atomic E-state index is 11.6. The molecule has 3 aromatic rings. The molecule has 4 heteroatoms. The van der Waals surface area contributed by atoms with Crippen molar-refractivity contribution in [3.8, 4) is 0 Å². The minimum Gasteiger partial charge on any atom is -0.422 e. The van der Waals surface area contributed by atoms with E-state index in [2.05, 4.69) is 0 Å². The maximum Gasteiger partial charge on any atom is 0.347 e. The Bertz CT molecular complexity index is 795. The highest BCUT2D eigenvalue weighted by Gasteiger charge is 2.08. The lowest BCUT2D eigenvalue weighted by molar-refractivity contribution is 0.543. The van der Waals surface area contributed by atoms with Crippen molar-refractivity contribution in [2.75, 3.05) is 0 Å². The van der Waals surface area contributed by atoms with E-state index < -0.39 is 11.3 Å². The van der Waals surface area contributed by atoms with Crippen LogP contribution in [-0.4, -0.2) is 0 Å². The van der Waals surface area contributed by atoms with Gasteiger partial charge in [0.15, 0.2) is 5.58 Å². The lowest BCUT2D eigenvalue weighted by Gasteiger charge is -1.99. The topological polar surface area (TPSA) is 60.4 Å². The molecular formula is C12H6O4. The zero-order valence-corrected chi connectivity index (χ0v) is 8.10. The third-order valence-corrected chi connectivity index (χ3v) is 2.39. The van der Waals surface area contributed by atoms with Crippen LogP contribution in [0.4, 0.5) is 0 Å². The van der Waals surface area contributed by atoms with Crippen molar-refractivity contribution in [3.63, 3.8) is 0 Å². The van der Waals surface area contributed by atoms with Gasteiger partial charge < -0.3 is 8.83 Å². The molecule has 0 unspecified atom stereocenters. The lowest BCUT2D eigenvalue weighted by atomic mass is 10.2. The van der Waals surface area contributed by atoms with Crippen molar-refractivity contribution in [1.29, 1.82) is 0 Å². The second-order valence-corrected chi connectivity index (χ2v) is 3.38. The van der Waals surface area contributed by atoms with E-state index in [1.165, 1.54) is 12.1 Å². The summed E-state index contributed by atoms with van der Waals surface area (Å²) in [6, 6.07) is 9.55. The molecule has 78 valence electrons. The van der Waals surface area contributed by atoms with Gasteiger partial charge in [-0.3, -0.25) is 0 Å². The van der Waals surface area contributed by atoms with Gasteiger partial charge >= 0.3 is 11.3 Å². The summed E-state index contributed by atoms with van der Waals surface area (Å²) >= 11 is 0. The van der Waals surface area contributed by atoms with Gasteiger partial charge in [-0.1, -0.05) is 12.1 Å². The summed E-state index contributed by atoms with van der Waals surface area (Å²) < 4.78 is 10.1. The van der Waals surface area contributed by atoms with Crippen molar-refractivity contribution in [2.45, 2.75) is 0 Å². The van der Waals surface area contributed by atoms with Gasteiger partial charge in [-0.2, -0.15) is 0 Å². The molecular weight excluding hydrogens is 208 g/mol. The number of rotatable bonds is 0. The number of hydrogen-bond donors (Lipinski definition) is 0. The van der Waals surface area contributed by atoms with Crippen LogP contribution < -0.4 is 11.3 Å². The monoisotopic (exact) mass is 214 g/mol. The normalized spacial score (nSPS) is 11.0. The molecule has 4 nitrogen and oxygen atoms in total. The average Bonchev–Trinajstić information content (AvgIpc) is 2.29. The second-order valence-electron chi connectivity index (χ2n) is 3.38. The first-order valence-electron chi connectivity index (χ1n) is 4.71. The van der Waals surface area contributed by atoms with Crippen LogP contribution >= 0.6 is 0 Å². The Morgan fingerprint density at radius 3 is 2.50 bits per heavy atom. The predicted octanol–water partition coefficient (Wildman–Crippen LogP) is 1.90. The minimum atomic E-state index is -0.502. The largest absolute Gasteiger partial charge is 0.422 e. The summed E-state index contributed by atoms with van der Waals surface area (Å²) in [6.45, 7) is 0. The molecule has 0 amide bonds. The molecule has 2 aromatic heterocycles. The van der Waals surface area contributed by atoms with Crippen LogP contribution in [0.1, 0.15) is 0 Å². The molecule has 0 aliphatic rings. The molecule has 0 fully saturated rings. The van der Waals surface area contributed by atoms with Crippen LogP contribution in [0.25, 0.3) is 21.9 Å². The molecule has 16 heavy (non-hydrogen) atoms. The van der Waals surface area contributed by atoms with Crippen molar-refractivity contribution >= 4 is 21.9 Å². The van der Waals surface area contributed by atoms with E-state index in [0.717, 1.165) is 0 Å². The summed E-state index contributed by atoms with van der Waals surface area (Å²) in [5.41, 5.74) is -0.297. The molecule has 0 saturated carbocycles. The van der Waals surface area contributed by atoms with Crippen LogP contribution in [0, 0.1) is 0 Å². The summed E-state index contributed by atoms with van der Waals surface area (Å²) in [5, 5.41) is 0.896. The molecule has 0 aliphatic carbocycles. The fraction of sp³-hybridized carbons (Fsp3) is 0. The highest BCUT2D eigenvalue weighted by Crippen LogP contribution is 2.20. The van der Waals surface area contributed by atoms with E-state index in [1.54, 1.807) is 24.3 Å². The maximum absolute atomic E-state index is 11.6. The van der Waals surface area contributed by atoms with Crippen molar-refractivity contribution in [3.05, 3.63) is 57.2 Å². The molecule has 3 rings (SSSR count). The Labute approximate surface area is 88.7 Å². The predicted molar refractivity (Wildman–Crippen MR) is 58.5 cm³/mol. The third kappa shape index (κ3) is 1.16. The SMILES string of the molecule is O=c1ccc2c(=O)oc3ccccc3c2o1. The first-order valence-corrected chi connectivity index (χ1v) is 4.71. The fourth-order valence-electron chi connectivity index (χ4n) is 1.68. The first kappa shape index (κ1) is 8.91. The van der Waals surface area contributed by atoms with Gasteiger partial charge in [-0.25, -0.2) is 9.59 Å². The second kappa shape index (κ2) is 3.06. The van der Waals surface area contributed by atoms with Gasteiger partial charge in [0, 0.05) is 6.07 Å². The van der Waals surface area contributed by atoms with Crippen LogP contribution in [0.3, 0.4) is 0 Å². The van der Waals surface area contributed by atoms with Crippen LogP contribution in [0.5, 0.6) is 0 Å². The summed E-state index contributed by atoms with van der Waals surface area (Å²) in [5.74, 6) is 0. The smallest absolute Gasteiger partial charge is 0.347 e. The minimum absolute atomic E-state index is 0.276. The van der Waals surface area contributed by atoms with Gasteiger partial charge in [0.2, 0.25) is 0 Å². The number of para-hydroxylation sites is 1. The fourth-order valence-corrected chi connectivity index (χ4v) is 1.68. The van der Waals surface area contributed by atoms with Crippen molar-refractivity contribution in [1.82, 2.24) is 0 Å². The molecule has 0 aliphatic heterocycles. The highest BCUT2D eigenvalue weighted by atomic mass is 16.4. The van der Waals surface area contributed by atoms with E-state index in [4.69, 9.17) is 8.83 Å². The number of benzene rings is 1. The number of hydrogen-bond acceptors (Lipinski definition) is 4. The summed E-state index contributed by atoms with van der Waals surface area (Å²) in [7, 11) is 0. The summed E-state index contributed by atoms with van der Waals surface area (Å²) in [6.07, 6.45) is 0. The van der Waals surface area contributed by atoms with E-state index in [1.807, 2.05) is 0 Å². The van der Waals surface area contributed by atoms with Crippen LogP contribution in [0.15, 0.2) is 54.8 Å². The van der Waals surface area contributed by atoms with Gasteiger partial charge in [0.1, 0.15) is 11.0 Å². The Kier molecular flexibility index (Phi) is 1.71. The van der Waals surface area contributed by atoms with Crippen molar-refractivity contribution < 1.29 is 8.83 Å². The molecule has 0 radical (unpaired) electrons. The van der Waals surface area contributed by atoms with Gasteiger partial charge in [-0.15, -0.1) is 0 Å². The zero-order chi connectivity index (χ0) is 11.1. The first-order chi connectivity index (χ1) is 7.75. The molecule has 1 aromatic carbocycles. The Morgan fingerprint density at radius 1 is 0.812 bits per heavy atom. The quantitative estimate of drug-likeness (QED) is 0.423. The Hall–Kier alpha value is -2.36. The van der Waals surface area contributed by atoms with Crippen molar-refractivity contribution in [2.24, 2.45) is 0 Å². The lowest BCUT2D eigenvalue weighted by Crippen LogP contribution is -2.03. The Morgan fingerprint density at radius 2 is 1.62 bits per heavy atom. The number of fused-ring (bicyclic) bond motifs is 3. The Balaban J connectivity index is 2.72. The highest BCUT2D eigenvalue weighted by molar-refractivity contribution is 5.99. The summed E-state index contributed by atoms with van der Waals surface area (Å²) in [4.78, 5) is 22.7. The van der Waals surface area contributed by atoms with Crippen LogP contribution in [-0.2, 0) is 0 Å². The van der Waals surface area contributed by atoms with E-state index in [-0.39, 0.29) is 11.0 Å². The molecule has 2 heterocycles. The molecule has 0 saturated heterocycles. The molecule has 0 N–H and O–H groups in total. The molecule has 0 bridgehead atoms. The average molecular weight is 214 g/mol. The van der Waals surface area contributed by atoms with E-state index in [0.29, 0.717) is 11.0 Å². The van der Waals surface area contributed by atoms with Crippen LogP contribution in [0.2, 0.25) is 0 Å².